The van der Waals surface area contributed by atoms with Crippen molar-refractivity contribution in [2.75, 3.05) is 13.7 Å². The number of carbonyl (C=O) groups excluding carboxylic acids is 2. The number of rotatable bonds is 4. The van der Waals surface area contributed by atoms with Crippen molar-refractivity contribution in [1.82, 2.24) is 10.6 Å². The Hall–Kier alpha value is -1.92. The van der Waals surface area contributed by atoms with Gasteiger partial charge in [0.25, 0.3) is 0 Å². The summed E-state index contributed by atoms with van der Waals surface area (Å²) in [6, 6.07) is 7.57. The van der Waals surface area contributed by atoms with Gasteiger partial charge in [0.1, 0.15) is 0 Å². The Balaban J connectivity index is 2.09. The van der Waals surface area contributed by atoms with Gasteiger partial charge in [-0.2, -0.15) is 0 Å². The summed E-state index contributed by atoms with van der Waals surface area (Å²) in [5.74, 6) is -0.844. The van der Waals surface area contributed by atoms with Gasteiger partial charge in [-0.25, -0.2) is 4.79 Å². The number of esters is 1. The zero-order valence-electron chi connectivity index (χ0n) is 11.2. The summed E-state index contributed by atoms with van der Waals surface area (Å²) in [5.41, 5.74) is 0.659. The second-order valence-electron chi connectivity index (χ2n) is 4.73. The van der Waals surface area contributed by atoms with Crippen molar-refractivity contribution in [3.8, 4) is 0 Å². The average molecular weight is 278 g/mol. The first-order valence-electron chi connectivity index (χ1n) is 6.46. The van der Waals surface area contributed by atoms with Crippen molar-refractivity contribution in [3.05, 3.63) is 35.9 Å². The van der Waals surface area contributed by atoms with E-state index in [1.165, 1.54) is 7.11 Å². The molecular formula is C14H18N2O4. The zero-order chi connectivity index (χ0) is 14.5. The molecule has 6 nitrogen and oxygen atoms in total. The Morgan fingerprint density at radius 1 is 1.40 bits per heavy atom. The van der Waals surface area contributed by atoms with Crippen molar-refractivity contribution < 1.29 is 19.4 Å². The lowest BCUT2D eigenvalue weighted by Gasteiger charge is -2.19. The third-order valence-electron chi connectivity index (χ3n) is 3.28. The van der Waals surface area contributed by atoms with Crippen LogP contribution in [0.25, 0.3) is 0 Å². The number of benzene rings is 1. The fraction of sp³-hybridized carbons (Fsp3) is 0.429. The van der Waals surface area contributed by atoms with E-state index in [0.29, 0.717) is 18.5 Å². The maximum Gasteiger partial charge on any atom is 0.333 e. The van der Waals surface area contributed by atoms with Crippen LogP contribution in [0.1, 0.15) is 18.0 Å². The summed E-state index contributed by atoms with van der Waals surface area (Å²) in [7, 11) is 1.28. The van der Waals surface area contributed by atoms with Crippen LogP contribution in [-0.4, -0.2) is 42.8 Å². The zero-order valence-corrected chi connectivity index (χ0v) is 11.2. The van der Waals surface area contributed by atoms with E-state index in [1.807, 2.05) is 6.07 Å². The molecule has 1 aromatic carbocycles. The molecule has 2 rings (SSSR count). The predicted octanol–water partition coefficient (Wildman–Crippen LogP) is -0.260. The van der Waals surface area contributed by atoms with Crippen LogP contribution in [0.5, 0.6) is 0 Å². The quantitative estimate of drug-likeness (QED) is 0.661. The van der Waals surface area contributed by atoms with Gasteiger partial charge in [0.05, 0.1) is 19.3 Å². The molecule has 1 saturated heterocycles. The minimum absolute atomic E-state index is 0.319. The topological polar surface area (TPSA) is 87.7 Å². The number of ether oxygens (including phenoxy) is 1. The molecule has 108 valence electrons. The molecule has 0 spiro atoms. The maximum atomic E-state index is 12.1. The Kier molecular flexibility index (Phi) is 4.70. The molecule has 1 aliphatic heterocycles. The maximum absolute atomic E-state index is 12.1. The number of aliphatic hydroxyl groups is 1. The number of carbonyl (C=O) groups is 2. The molecule has 1 aromatic rings. The molecule has 20 heavy (non-hydrogen) atoms. The number of β-amino-alcohol motifs (C(OH)–C–C–N with tert-alkyl or cyclic N) is 1. The van der Waals surface area contributed by atoms with Crippen LogP contribution in [-0.2, 0) is 14.3 Å². The summed E-state index contributed by atoms with van der Waals surface area (Å²) in [6.07, 6.45) is -0.187. The second-order valence-corrected chi connectivity index (χ2v) is 4.73. The second kappa shape index (κ2) is 6.49. The van der Waals surface area contributed by atoms with Crippen molar-refractivity contribution in [3.63, 3.8) is 0 Å². The van der Waals surface area contributed by atoms with Crippen LogP contribution < -0.4 is 10.6 Å². The smallest absolute Gasteiger partial charge is 0.333 e. The first kappa shape index (κ1) is 14.5. The molecule has 3 atom stereocenters. The Labute approximate surface area is 117 Å². The van der Waals surface area contributed by atoms with Crippen molar-refractivity contribution in [1.29, 1.82) is 0 Å². The first-order valence-corrected chi connectivity index (χ1v) is 6.46. The van der Waals surface area contributed by atoms with Crippen molar-refractivity contribution >= 4 is 11.9 Å². The number of hydrogen-bond acceptors (Lipinski definition) is 5. The number of aliphatic hydroxyl groups excluding tert-OH is 1. The van der Waals surface area contributed by atoms with E-state index in [1.54, 1.807) is 24.3 Å². The summed E-state index contributed by atoms with van der Waals surface area (Å²) in [4.78, 5) is 23.9. The molecule has 3 N–H and O–H groups in total. The predicted molar refractivity (Wildman–Crippen MR) is 71.8 cm³/mol. The van der Waals surface area contributed by atoms with Gasteiger partial charge in [-0.15, -0.1) is 0 Å². The molecule has 3 unspecified atom stereocenters. The molecule has 1 aliphatic rings. The van der Waals surface area contributed by atoms with Crippen LogP contribution >= 0.6 is 0 Å². The molecule has 1 fully saturated rings. The van der Waals surface area contributed by atoms with Gasteiger partial charge in [0, 0.05) is 6.54 Å². The fourth-order valence-electron chi connectivity index (χ4n) is 2.20. The molecule has 0 aliphatic carbocycles. The molecule has 1 heterocycles. The lowest BCUT2D eigenvalue weighted by molar-refractivity contribution is -0.145. The molecule has 0 saturated carbocycles. The highest BCUT2D eigenvalue weighted by molar-refractivity contribution is 5.88. The molecule has 0 bridgehead atoms. The van der Waals surface area contributed by atoms with Gasteiger partial charge in [-0.3, -0.25) is 4.79 Å². The van der Waals surface area contributed by atoms with Crippen LogP contribution in [0.15, 0.2) is 30.3 Å². The lowest BCUT2D eigenvalue weighted by Crippen LogP contribution is -2.44. The average Bonchev–Trinajstić information content (AvgIpc) is 2.91. The summed E-state index contributed by atoms with van der Waals surface area (Å²) >= 11 is 0. The van der Waals surface area contributed by atoms with E-state index in [4.69, 9.17) is 4.74 Å². The molecule has 0 radical (unpaired) electrons. The van der Waals surface area contributed by atoms with E-state index in [0.717, 1.165) is 0 Å². The summed E-state index contributed by atoms with van der Waals surface area (Å²) in [5, 5.41) is 15.0. The summed E-state index contributed by atoms with van der Waals surface area (Å²) in [6.45, 7) is 0.381. The van der Waals surface area contributed by atoms with Crippen molar-refractivity contribution in [2.45, 2.75) is 24.6 Å². The van der Waals surface area contributed by atoms with E-state index in [2.05, 4.69) is 10.6 Å². The van der Waals surface area contributed by atoms with Gasteiger partial charge in [0.15, 0.2) is 6.04 Å². The lowest BCUT2D eigenvalue weighted by atomic mass is 10.1. The van der Waals surface area contributed by atoms with Gasteiger partial charge in [0.2, 0.25) is 5.91 Å². The number of hydrogen-bond donors (Lipinski definition) is 3. The molecule has 0 aromatic heterocycles. The standard InChI is InChI=1S/C14H18N2O4/c1-20-14(19)12(9-5-3-2-4-6-9)16-13(18)11-7-10(17)8-15-11/h2-6,10-12,15,17H,7-8H2,1H3,(H,16,18). The van der Waals surface area contributed by atoms with E-state index in [-0.39, 0.29) is 5.91 Å². The highest BCUT2D eigenvalue weighted by Gasteiger charge is 2.31. The Bertz CT molecular complexity index is 477. The Morgan fingerprint density at radius 2 is 2.10 bits per heavy atom. The minimum Gasteiger partial charge on any atom is -0.467 e. The number of amides is 1. The normalized spacial score (nSPS) is 23.1. The third-order valence-corrected chi connectivity index (χ3v) is 3.28. The fourth-order valence-corrected chi connectivity index (χ4v) is 2.20. The number of nitrogens with one attached hydrogen (secondary N) is 2. The van der Waals surface area contributed by atoms with Crippen LogP contribution in [0.3, 0.4) is 0 Å². The highest BCUT2D eigenvalue weighted by atomic mass is 16.5. The van der Waals surface area contributed by atoms with Crippen LogP contribution in [0.4, 0.5) is 0 Å². The van der Waals surface area contributed by atoms with Gasteiger partial charge in [-0.05, 0) is 12.0 Å². The van der Waals surface area contributed by atoms with Gasteiger partial charge >= 0.3 is 5.97 Å². The molecular weight excluding hydrogens is 260 g/mol. The molecule has 6 heteroatoms. The highest BCUT2D eigenvalue weighted by Crippen LogP contribution is 2.15. The number of methoxy groups -OCH3 is 1. The SMILES string of the molecule is COC(=O)C(NC(=O)C1CC(O)CN1)c1ccccc1. The van der Waals surface area contributed by atoms with Gasteiger partial charge < -0.3 is 20.5 Å². The van der Waals surface area contributed by atoms with Crippen molar-refractivity contribution in [2.24, 2.45) is 0 Å². The summed E-state index contributed by atoms with van der Waals surface area (Å²) < 4.78 is 4.73. The Morgan fingerprint density at radius 3 is 2.65 bits per heavy atom. The third kappa shape index (κ3) is 3.34. The largest absolute Gasteiger partial charge is 0.467 e. The monoisotopic (exact) mass is 278 g/mol. The van der Waals surface area contributed by atoms with E-state index >= 15 is 0 Å². The minimum atomic E-state index is -0.840. The van der Waals surface area contributed by atoms with E-state index in [9.17, 15) is 14.7 Å². The molecule has 1 amide bonds. The van der Waals surface area contributed by atoms with Crippen LogP contribution in [0.2, 0.25) is 0 Å². The van der Waals surface area contributed by atoms with E-state index < -0.39 is 24.2 Å². The van der Waals surface area contributed by atoms with Gasteiger partial charge in [-0.1, -0.05) is 30.3 Å². The van der Waals surface area contributed by atoms with Crippen LogP contribution in [0, 0.1) is 0 Å². The first-order chi connectivity index (χ1) is 9.61.